The lowest BCUT2D eigenvalue weighted by molar-refractivity contribution is -0.142. The molecule has 0 atom stereocenters. The molecule has 9 heteroatoms. The third-order valence-corrected chi connectivity index (χ3v) is 3.40. The number of hydrogen-bond acceptors (Lipinski definition) is 8. The molecule has 0 aliphatic rings. The lowest BCUT2D eigenvalue weighted by Crippen LogP contribution is -2.33. The maximum Gasteiger partial charge on any atom is 0.407 e. The molecule has 1 amide bonds. The number of nitrogen functional groups attached to an aromatic ring is 1. The van der Waals surface area contributed by atoms with Gasteiger partial charge in [0, 0.05) is 31.1 Å². The summed E-state index contributed by atoms with van der Waals surface area (Å²) in [6, 6.07) is 5.02. The van der Waals surface area contributed by atoms with Gasteiger partial charge in [-0.2, -0.15) is 0 Å². The van der Waals surface area contributed by atoms with Crippen LogP contribution in [0.2, 0.25) is 0 Å². The second kappa shape index (κ2) is 11.0. The number of anilines is 1. The zero-order valence-corrected chi connectivity index (χ0v) is 17.5. The van der Waals surface area contributed by atoms with Gasteiger partial charge in [0.2, 0.25) is 0 Å². The predicted molar refractivity (Wildman–Crippen MR) is 108 cm³/mol. The number of nitrogens with zero attached hydrogens (tertiary/aromatic N) is 1. The van der Waals surface area contributed by atoms with Crippen molar-refractivity contribution in [2.45, 2.75) is 53.1 Å². The Kier molecular flexibility index (Phi) is 9.11. The molecule has 29 heavy (non-hydrogen) atoms. The second-order valence-electron chi connectivity index (χ2n) is 7.20. The molecule has 0 spiro atoms. The number of carbonyl (C=O) groups excluding carboxylic acids is 3. The molecule has 0 radical (unpaired) electrons. The Bertz CT molecular complexity index is 768. The van der Waals surface area contributed by atoms with Crippen LogP contribution in [0.25, 0.3) is 0 Å². The largest absolute Gasteiger partial charge is 0.466 e. The Morgan fingerprint density at radius 1 is 1.21 bits per heavy atom. The average Bonchev–Trinajstić information content (AvgIpc) is 2.58. The van der Waals surface area contributed by atoms with Gasteiger partial charge in [-0.1, -0.05) is 11.2 Å². The molecular weight excluding hydrogens is 378 g/mol. The first kappa shape index (κ1) is 23.9. The number of ether oxygens (including phenoxy) is 2. The van der Waals surface area contributed by atoms with Gasteiger partial charge in [0.1, 0.15) is 5.60 Å². The van der Waals surface area contributed by atoms with E-state index in [1.165, 1.54) is 6.92 Å². The maximum atomic E-state index is 11.8. The highest BCUT2D eigenvalue weighted by Crippen LogP contribution is 2.18. The summed E-state index contributed by atoms with van der Waals surface area (Å²) in [6.07, 6.45) is -0.286. The number of amides is 1. The number of carbonyl (C=O) groups is 3. The van der Waals surface area contributed by atoms with Crippen LogP contribution in [0.4, 0.5) is 10.5 Å². The molecule has 0 saturated carbocycles. The molecule has 0 aliphatic heterocycles. The molecule has 1 aromatic carbocycles. The van der Waals surface area contributed by atoms with Crippen molar-refractivity contribution in [1.29, 1.82) is 0 Å². The summed E-state index contributed by atoms with van der Waals surface area (Å²) in [7, 11) is 0. The minimum Gasteiger partial charge on any atom is -0.466 e. The fourth-order valence-corrected chi connectivity index (χ4v) is 2.29. The van der Waals surface area contributed by atoms with Crippen molar-refractivity contribution < 1.29 is 28.7 Å². The van der Waals surface area contributed by atoms with E-state index in [9.17, 15) is 14.4 Å². The van der Waals surface area contributed by atoms with Crippen molar-refractivity contribution in [3.8, 4) is 0 Å². The second-order valence-corrected chi connectivity index (χ2v) is 7.20. The van der Waals surface area contributed by atoms with Gasteiger partial charge in [0.25, 0.3) is 0 Å². The molecular formula is C20H29N3O6. The molecule has 3 N–H and O–H groups in total. The summed E-state index contributed by atoms with van der Waals surface area (Å²) < 4.78 is 10.1. The highest BCUT2D eigenvalue weighted by molar-refractivity contribution is 6.05. The van der Waals surface area contributed by atoms with Gasteiger partial charge in [-0.3, -0.25) is 4.79 Å². The smallest absolute Gasteiger partial charge is 0.407 e. The van der Waals surface area contributed by atoms with Gasteiger partial charge in [-0.05, 0) is 45.4 Å². The van der Waals surface area contributed by atoms with Gasteiger partial charge < -0.3 is 25.4 Å². The van der Waals surface area contributed by atoms with Gasteiger partial charge in [0.15, 0.2) is 0 Å². The zero-order chi connectivity index (χ0) is 22.0. The van der Waals surface area contributed by atoms with Crippen LogP contribution in [-0.4, -0.2) is 42.5 Å². The Labute approximate surface area is 170 Å². The summed E-state index contributed by atoms with van der Waals surface area (Å²) in [4.78, 5) is 39.5. The van der Waals surface area contributed by atoms with Gasteiger partial charge in [0.05, 0.1) is 18.7 Å². The monoisotopic (exact) mass is 407 g/mol. The molecule has 1 aromatic rings. The Morgan fingerprint density at radius 2 is 1.90 bits per heavy atom. The van der Waals surface area contributed by atoms with Crippen molar-refractivity contribution in [2.24, 2.45) is 5.16 Å². The van der Waals surface area contributed by atoms with Crippen LogP contribution < -0.4 is 11.1 Å². The van der Waals surface area contributed by atoms with E-state index in [1.54, 1.807) is 45.9 Å². The SMILES string of the molecule is CCOC(=O)Cc1ccc(N)c(C(CCNC(=O)OC(C)(C)C)=NOC(C)=O)c1. The van der Waals surface area contributed by atoms with Crippen LogP contribution in [0, 0.1) is 0 Å². The Balaban J connectivity index is 2.96. The number of nitrogens with two attached hydrogens (primary N) is 1. The predicted octanol–water partition coefficient (Wildman–Crippen LogP) is 2.56. The molecule has 0 saturated heterocycles. The summed E-state index contributed by atoms with van der Waals surface area (Å²) in [5.41, 5.74) is 7.34. The zero-order valence-electron chi connectivity index (χ0n) is 17.5. The molecule has 0 heterocycles. The van der Waals surface area contributed by atoms with Crippen LogP contribution in [-0.2, 0) is 30.3 Å². The van der Waals surface area contributed by atoms with Crippen LogP contribution in [0.1, 0.15) is 52.2 Å². The molecule has 160 valence electrons. The average molecular weight is 407 g/mol. The van der Waals surface area contributed by atoms with E-state index in [2.05, 4.69) is 10.5 Å². The highest BCUT2D eigenvalue weighted by Gasteiger charge is 2.17. The number of esters is 1. The van der Waals surface area contributed by atoms with Gasteiger partial charge in [-0.15, -0.1) is 0 Å². The molecule has 0 bridgehead atoms. The first-order chi connectivity index (χ1) is 13.5. The summed E-state index contributed by atoms with van der Waals surface area (Å²) in [5.74, 6) is -0.961. The standard InChI is InChI=1S/C20H29N3O6/c1-6-27-18(25)12-14-7-8-16(21)15(11-14)17(23-29-13(2)24)9-10-22-19(26)28-20(3,4)5/h7-8,11H,6,9-10,12,21H2,1-5H3,(H,22,26). The van der Waals surface area contributed by atoms with E-state index in [-0.39, 0.29) is 32.0 Å². The molecule has 9 nitrogen and oxygen atoms in total. The van der Waals surface area contributed by atoms with E-state index in [0.717, 1.165) is 0 Å². The Hall–Kier alpha value is -3.10. The van der Waals surface area contributed by atoms with Crippen LogP contribution in [0.3, 0.4) is 0 Å². The first-order valence-corrected chi connectivity index (χ1v) is 9.27. The third kappa shape index (κ3) is 9.59. The maximum absolute atomic E-state index is 11.8. The fourth-order valence-electron chi connectivity index (χ4n) is 2.29. The Morgan fingerprint density at radius 3 is 2.48 bits per heavy atom. The summed E-state index contributed by atoms with van der Waals surface area (Å²) in [5, 5.41) is 6.47. The number of benzene rings is 1. The topological polar surface area (TPSA) is 129 Å². The van der Waals surface area contributed by atoms with Crippen molar-refractivity contribution in [1.82, 2.24) is 5.32 Å². The summed E-state index contributed by atoms with van der Waals surface area (Å²) in [6.45, 7) is 8.70. The number of rotatable bonds is 8. The molecule has 0 fully saturated rings. The number of nitrogens with one attached hydrogen (secondary N) is 1. The molecule has 0 unspecified atom stereocenters. The van der Waals surface area contributed by atoms with Crippen molar-refractivity contribution in [2.75, 3.05) is 18.9 Å². The van der Waals surface area contributed by atoms with Gasteiger partial charge >= 0.3 is 18.0 Å². The minimum atomic E-state index is -0.620. The third-order valence-electron chi connectivity index (χ3n) is 3.40. The fraction of sp³-hybridized carbons (Fsp3) is 0.500. The van der Waals surface area contributed by atoms with Crippen molar-refractivity contribution >= 4 is 29.4 Å². The van der Waals surface area contributed by atoms with Crippen molar-refractivity contribution in [3.05, 3.63) is 29.3 Å². The van der Waals surface area contributed by atoms with E-state index >= 15 is 0 Å². The van der Waals surface area contributed by atoms with Crippen molar-refractivity contribution in [3.63, 3.8) is 0 Å². The number of alkyl carbamates (subject to hydrolysis) is 1. The lowest BCUT2D eigenvalue weighted by atomic mass is 10.0. The van der Waals surface area contributed by atoms with E-state index in [1.807, 2.05) is 0 Å². The molecule has 0 aromatic heterocycles. The first-order valence-electron chi connectivity index (χ1n) is 9.27. The van der Waals surface area contributed by atoms with Crippen LogP contribution in [0.5, 0.6) is 0 Å². The number of hydrogen-bond donors (Lipinski definition) is 2. The quantitative estimate of drug-likeness (QED) is 0.223. The van der Waals surface area contributed by atoms with E-state index in [4.69, 9.17) is 20.0 Å². The number of oxime groups is 1. The molecule has 0 aliphatic carbocycles. The van der Waals surface area contributed by atoms with Crippen LogP contribution >= 0.6 is 0 Å². The molecule has 1 rings (SSSR count). The van der Waals surface area contributed by atoms with E-state index < -0.39 is 17.7 Å². The summed E-state index contributed by atoms with van der Waals surface area (Å²) >= 11 is 0. The highest BCUT2D eigenvalue weighted by atomic mass is 16.7. The lowest BCUT2D eigenvalue weighted by Gasteiger charge is -2.19. The van der Waals surface area contributed by atoms with E-state index in [0.29, 0.717) is 22.5 Å². The normalized spacial score (nSPS) is 11.6. The minimum absolute atomic E-state index is 0.0676. The van der Waals surface area contributed by atoms with Gasteiger partial charge in [-0.25, -0.2) is 9.59 Å². The van der Waals surface area contributed by atoms with Crippen LogP contribution in [0.15, 0.2) is 23.4 Å².